The molecule has 0 aliphatic heterocycles. The first-order chi connectivity index (χ1) is 13.3. The first-order valence-electron chi connectivity index (χ1n) is 8.27. The van der Waals surface area contributed by atoms with Crippen molar-refractivity contribution in [3.63, 3.8) is 0 Å². The minimum Gasteiger partial charge on any atom is -0.322 e. The van der Waals surface area contributed by atoms with Gasteiger partial charge in [0.05, 0.1) is 11.3 Å². The Balaban J connectivity index is 1.86. The minimum atomic E-state index is -0.519. The van der Waals surface area contributed by atoms with Crippen molar-refractivity contribution >= 4 is 34.8 Å². The van der Waals surface area contributed by atoms with E-state index in [2.05, 4.69) is 10.6 Å². The molecule has 3 aromatic carbocycles. The first kappa shape index (κ1) is 19.5. The van der Waals surface area contributed by atoms with Crippen molar-refractivity contribution < 1.29 is 18.4 Å². The SMILES string of the molecule is Cc1cc(F)ccc1NC(=O)c1ccc(Cl)cc1NC(=O)c1ccc(F)cc1. The van der Waals surface area contributed by atoms with Gasteiger partial charge in [0.25, 0.3) is 11.8 Å². The maximum atomic E-state index is 13.2. The van der Waals surface area contributed by atoms with Crippen LogP contribution in [0.5, 0.6) is 0 Å². The van der Waals surface area contributed by atoms with E-state index in [1.807, 2.05) is 0 Å². The average Bonchev–Trinajstić information content (AvgIpc) is 2.64. The van der Waals surface area contributed by atoms with E-state index in [0.29, 0.717) is 16.3 Å². The van der Waals surface area contributed by atoms with Gasteiger partial charge >= 0.3 is 0 Å². The summed E-state index contributed by atoms with van der Waals surface area (Å²) in [6.07, 6.45) is 0. The third kappa shape index (κ3) is 4.53. The van der Waals surface area contributed by atoms with Crippen LogP contribution in [-0.2, 0) is 0 Å². The van der Waals surface area contributed by atoms with E-state index in [-0.39, 0.29) is 16.8 Å². The van der Waals surface area contributed by atoms with Gasteiger partial charge in [0.1, 0.15) is 11.6 Å². The van der Waals surface area contributed by atoms with Crippen LogP contribution in [0.4, 0.5) is 20.2 Å². The van der Waals surface area contributed by atoms with E-state index in [4.69, 9.17) is 11.6 Å². The Kier molecular flexibility index (Phi) is 5.70. The summed E-state index contributed by atoms with van der Waals surface area (Å²) in [6.45, 7) is 1.66. The summed E-state index contributed by atoms with van der Waals surface area (Å²) in [5, 5.41) is 5.62. The number of nitrogens with one attached hydrogen (secondary N) is 2. The van der Waals surface area contributed by atoms with Crippen LogP contribution in [0.3, 0.4) is 0 Å². The van der Waals surface area contributed by atoms with E-state index < -0.39 is 23.4 Å². The van der Waals surface area contributed by atoms with Gasteiger partial charge in [-0.1, -0.05) is 11.6 Å². The molecule has 0 aliphatic carbocycles. The lowest BCUT2D eigenvalue weighted by atomic mass is 10.1. The van der Waals surface area contributed by atoms with E-state index in [1.54, 1.807) is 6.92 Å². The highest BCUT2D eigenvalue weighted by atomic mass is 35.5. The molecule has 0 saturated carbocycles. The van der Waals surface area contributed by atoms with E-state index in [1.165, 1.54) is 48.5 Å². The van der Waals surface area contributed by atoms with Crippen molar-refractivity contribution in [2.24, 2.45) is 0 Å². The number of aryl methyl sites for hydroxylation is 1. The fourth-order valence-electron chi connectivity index (χ4n) is 2.57. The van der Waals surface area contributed by atoms with Crippen LogP contribution < -0.4 is 10.6 Å². The van der Waals surface area contributed by atoms with Gasteiger partial charge in [0, 0.05) is 16.3 Å². The van der Waals surface area contributed by atoms with Crippen molar-refractivity contribution in [3.05, 3.63) is 94.0 Å². The number of benzene rings is 3. The smallest absolute Gasteiger partial charge is 0.257 e. The number of rotatable bonds is 4. The number of anilines is 2. The Bertz CT molecular complexity index is 1050. The molecular weight excluding hydrogens is 386 g/mol. The lowest BCUT2D eigenvalue weighted by Crippen LogP contribution is -2.18. The number of amides is 2. The van der Waals surface area contributed by atoms with Crippen LogP contribution in [0.15, 0.2) is 60.7 Å². The molecule has 4 nitrogen and oxygen atoms in total. The van der Waals surface area contributed by atoms with Crippen LogP contribution in [-0.4, -0.2) is 11.8 Å². The van der Waals surface area contributed by atoms with Gasteiger partial charge in [0.15, 0.2) is 0 Å². The second-order valence-corrected chi connectivity index (χ2v) is 6.50. The predicted molar refractivity (Wildman–Crippen MR) is 105 cm³/mol. The molecule has 3 aromatic rings. The summed E-state index contributed by atoms with van der Waals surface area (Å²) in [7, 11) is 0. The van der Waals surface area contributed by atoms with E-state index >= 15 is 0 Å². The topological polar surface area (TPSA) is 58.2 Å². The molecule has 0 heterocycles. The summed E-state index contributed by atoms with van der Waals surface area (Å²) < 4.78 is 26.3. The molecule has 7 heteroatoms. The lowest BCUT2D eigenvalue weighted by molar-refractivity contribution is 0.102. The molecule has 2 amide bonds. The van der Waals surface area contributed by atoms with Crippen LogP contribution in [0.2, 0.25) is 5.02 Å². The molecule has 0 fully saturated rings. The molecular formula is C21H15ClF2N2O2. The summed E-state index contributed by atoms with van der Waals surface area (Å²) >= 11 is 6.00. The molecule has 0 radical (unpaired) electrons. The van der Waals surface area contributed by atoms with Crippen molar-refractivity contribution in [1.29, 1.82) is 0 Å². The maximum Gasteiger partial charge on any atom is 0.257 e. The standard InChI is InChI=1S/C21H15ClF2N2O2/c1-12-10-16(24)7-9-18(12)25-21(28)17-8-4-14(22)11-19(17)26-20(27)13-2-5-15(23)6-3-13/h2-11H,1H3,(H,25,28)(H,26,27). The van der Waals surface area contributed by atoms with Gasteiger partial charge in [0.2, 0.25) is 0 Å². The molecule has 28 heavy (non-hydrogen) atoms. The number of carbonyl (C=O) groups excluding carboxylic acids is 2. The van der Waals surface area contributed by atoms with Gasteiger partial charge in [-0.25, -0.2) is 8.78 Å². The van der Waals surface area contributed by atoms with Crippen LogP contribution in [0.25, 0.3) is 0 Å². The first-order valence-corrected chi connectivity index (χ1v) is 8.65. The summed E-state index contributed by atoms with van der Waals surface area (Å²) in [6, 6.07) is 13.4. The van der Waals surface area contributed by atoms with Gasteiger partial charge < -0.3 is 10.6 Å². The van der Waals surface area contributed by atoms with Crippen molar-refractivity contribution in [1.82, 2.24) is 0 Å². The van der Waals surface area contributed by atoms with Gasteiger partial charge in [-0.3, -0.25) is 9.59 Å². The van der Waals surface area contributed by atoms with Gasteiger partial charge in [-0.15, -0.1) is 0 Å². The molecule has 0 aliphatic rings. The Morgan fingerprint density at radius 1 is 0.786 bits per heavy atom. The van der Waals surface area contributed by atoms with E-state index in [9.17, 15) is 18.4 Å². The number of halogens is 3. The lowest BCUT2D eigenvalue weighted by Gasteiger charge is -2.13. The number of hydrogen-bond donors (Lipinski definition) is 2. The van der Waals surface area contributed by atoms with Crippen LogP contribution in [0, 0.1) is 18.6 Å². The predicted octanol–water partition coefficient (Wildman–Crippen LogP) is 5.43. The molecule has 0 aromatic heterocycles. The van der Waals surface area contributed by atoms with Crippen molar-refractivity contribution in [2.45, 2.75) is 6.92 Å². The Labute approximate surface area is 165 Å². The number of hydrogen-bond acceptors (Lipinski definition) is 2. The second kappa shape index (κ2) is 8.19. The molecule has 0 atom stereocenters. The van der Waals surface area contributed by atoms with Crippen molar-refractivity contribution in [2.75, 3.05) is 10.6 Å². The minimum absolute atomic E-state index is 0.170. The molecule has 0 unspecified atom stereocenters. The average molecular weight is 401 g/mol. The maximum absolute atomic E-state index is 13.2. The Morgan fingerprint density at radius 2 is 1.43 bits per heavy atom. The highest BCUT2D eigenvalue weighted by Gasteiger charge is 2.16. The fourth-order valence-corrected chi connectivity index (χ4v) is 2.74. The third-order valence-corrected chi connectivity index (χ3v) is 4.25. The van der Waals surface area contributed by atoms with Gasteiger partial charge in [-0.2, -0.15) is 0 Å². The molecule has 0 spiro atoms. The van der Waals surface area contributed by atoms with E-state index in [0.717, 1.165) is 12.1 Å². The zero-order valence-electron chi connectivity index (χ0n) is 14.7. The normalized spacial score (nSPS) is 10.4. The Hall–Kier alpha value is -3.25. The zero-order valence-corrected chi connectivity index (χ0v) is 15.5. The summed E-state index contributed by atoms with van der Waals surface area (Å²) in [4.78, 5) is 25.1. The zero-order chi connectivity index (χ0) is 20.3. The molecule has 0 bridgehead atoms. The summed E-state index contributed by atoms with van der Waals surface area (Å²) in [5.74, 6) is -1.89. The van der Waals surface area contributed by atoms with Crippen LogP contribution >= 0.6 is 11.6 Å². The highest BCUT2D eigenvalue weighted by molar-refractivity contribution is 6.31. The third-order valence-electron chi connectivity index (χ3n) is 4.02. The second-order valence-electron chi connectivity index (χ2n) is 6.06. The number of carbonyl (C=O) groups is 2. The molecule has 3 rings (SSSR count). The van der Waals surface area contributed by atoms with Gasteiger partial charge in [-0.05, 0) is 73.2 Å². The van der Waals surface area contributed by atoms with Crippen LogP contribution in [0.1, 0.15) is 26.3 Å². The summed E-state index contributed by atoms with van der Waals surface area (Å²) in [5.41, 5.74) is 1.58. The largest absolute Gasteiger partial charge is 0.322 e. The molecule has 2 N–H and O–H groups in total. The molecule has 142 valence electrons. The molecule has 0 saturated heterocycles. The highest BCUT2D eigenvalue weighted by Crippen LogP contribution is 2.24. The fraction of sp³-hybridized carbons (Fsp3) is 0.0476. The monoisotopic (exact) mass is 400 g/mol. The quantitative estimate of drug-likeness (QED) is 0.613. The Morgan fingerprint density at radius 3 is 2.11 bits per heavy atom. The van der Waals surface area contributed by atoms with Crippen molar-refractivity contribution in [3.8, 4) is 0 Å².